The summed E-state index contributed by atoms with van der Waals surface area (Å²) >= 11 is 10.5. The monoisotopic (exact) mass is 786 g/mol. The number of halogens is 1. The Morgan fingerprint density at radius 2 is 1.02 bits per heavy atom. The second-order valence-corrected chi connectivity index (χ2v) is 16.4. The minimum Gasteiger partial charge on any atom is -0.376 e. The van der Waals surface area contributed by atoms with Gasteiger partial charge in [0.25, 0.3) is 0 Å². The molecule has 0 bridgehead atoms. The second kappa shape index (κ2) is 20.4. The van der Waals surface area contributed by atoms with Crippen molar-refractivity contribution in [1.29, 1.82) is 0 Å². The number of benzene rings is 6. The summed E-state index contributed by atoms with van der Waals surface area (Å²) in [6.07, 6.45) is 1.73. The fourth-order valence-electron chi connectivity index (χ4n) is 6.93. The van der Waals surface area contributed by atoms with Crippen LogP contribution in [0, 0.1) is 0 Å². The van der Waals surface area contributed by atoms with Crippen molar-refractivity contribution in [3.05, 3.63) is 208 Å². The van der Waals surface area contributed by atoms with Gasteiger partial charge in [0.2, 0.25) is 0 Å². The lowest BCUT2D eigenvalue weighted by Crippen LogP contribution is -2.54. The van der Waals surface area contributed by atoms with Crippen molar-refractivity contribution in [2.24, 2.45) is 0 Å². The maximum absolute atomic E-state index is 7.05. The van der Waals surface area contributed by atoms with Gasteiger partial charge in [0, 0.05) is 9.92 Å². The Balaban J connectivity index is 1.25. The summed E-state index contributed by atoms with van der Waals surface area (Å²) < 4.78 is 27.6. The van der Waals surface area contributed by atoms with Crippen LogP contribution in [0.25, 0.3) is 0 Å². The lowest BCUT2D eigenvalue weighted by Gasteiger charge is -2.46. The van der Waals surface area contributed by atoms with Crippen LogP contribution in [0.4, 0.5) is 0 Å². The van der Waals surface area contributed by atoms with Crippen molar-refractivity contribution in [3.63, 3.8) is 0 Å². The lowest BCUT2D eigenvalue weighted by molar-refractivity contribution is -0.160. The van der Waals surface area contributed by atoms with Crippen molar-refractivity contribution in [2.45, 2.75) is 66.6 Å². The van der Waals surface area contributed by atoms with E-state index in [4.69, 9.17) is 30.5 Å². The molecule has 1 heterocycles. The van der Waals surface area contributed by atoms with E-state index in [0.717, 1.165) is 44.8 Å². The standard InChI is InChI=1S/C48H47ClO4S2/c1-54-42-25-22-35(23-26-42)28-41-29-40(24-27-43(41)49)48-47(53-33-39-20-12-5-13-21-39)46(52-32-38-18-10-4-11-19-38)45(51-31-37-16-8-3-9-17-37)44(55-48)34-50-30-36-14-6-2-7-15-36/h2-27,29,44-48H,28,30-34H2,1H3/t44-,45-,46+,47-,48+/m1/s1. The van der Waals surface area contributed by atoms with E-state index in [2.05, 4.69) is 128 Å². The molecule has 55 heavy (non-hydrogen) atoms. The fraction of sp³-hybridized carbons (Fsp3) is 0.250. The van der Waals surface area contributed by atoms with Crippen molar-refractivity contribution in [3.8, 4) is 0 Å². The molecule has 7 rings (SSSR count). The highest BCUT2D eigenvalue weighted by Gasteiger charge is 2.48. The summed E-state index contributed by atoms with van der Waals surface area (Å²) in [5, 5.41) is 0.596. The molecule has 0 unspecified atom stereocenters. The SMILES string of the molecule is CSc1ccc(Cc2cc([C@@H]3S[C@H](COCc4ccccc4)[C@@H](OCc4ccccc4)[C@H](OCc4ccccc4)[C@H]3OCc3ccccc3)ccc2Cl)cc1. The Bertz CT molecular complexity index is 2020. The van der Waals surface area contributed by atoms with Crippen LogP contribution in [0.5, 0.6) is 0 Å². The van der Waals surface area contributed by atoms with E-state index >= 15 is 0 Å². The van der Waals surface area contributed by atoms with E-state index in [-0.39, 0.29) is 22.7 Å². The summed E-state index contributed by atoms with van der Waals surface area (Å²) in [7, 11) is 0. The van der Waals surface area contributed by atoms with Crippen LogP contribution < -0.4 is 0 Å². The van der Waals surface area contributed by atoms with Gasteiger partial charge in [-0.1, -0.05) is 157 Å². The third kappa shape index (κ3) is 11.1. The maximum atomic E-state index is 7.05. The highest BCUT2D eigenvalue weighted by Crippen LogP contribution is 2.48. The molecule has 6 aromatic carbocycles. The first-order valence-electron chi connectivity index (χ1n) is 18.8. The molecule has 0 amide bonds. The molecule has 1 fully saturated rings. The zero-order chi connectivity index (χ0) is 37.7. The fourth-order valence-corrected chi connectivity index (χ4v) is 9.15. The Morgan fingerprint density at radius 1 is 0.527 bits per heavy atom. The molecule has 282 valence electrons. The average Bonchev–Trinajstić information content (AvgIpc) is 3.24. The van der Waals surface area contributed by atoms with Gasteiger partial charge in [0.1, 0.15) is 18.3 Å². The van der Waals surface area contributed by atoms with Gasteiger partial charge < -0.3 is 18.9 Å². The molecule has 4 nitrogen and oxygen atoms in total. The minimum atomic E-state index is -0.414. The van der Waals surface area contributed by atoms with Gasteiger partial charge in [0.05, 0.1) is 43.5 Å². The van der Waals surface area contributed by atoms with Crippen molar-refractivity contribution < 1.29 is 18.9 Å². The van der Waals surface area contributed by atoms with E-state index in [9.17, 15) is 0 Å². The van der Waals surface area contributed by atoms with Crippen LogP contribution >= 0.6 is 35.1 Å². The molecule has 0 aromatic heterocycles. The summed E-state index contributed by atoms with van der Waals surface area (Å²) in [6.45, 7) is 2.31. The quantitative estimate of drug-likeness (QED) is 0.0857. The Morgan fingerprint density at radius 3 is 1.55 bits per heavy atom. The summed E-state index contributed by atoms with van der Waals surface area (Å²) in [5.74, 6) is 0. The highest BCUT2D eigenvalue weighted by molar-refractivity contribution is 8.00. The number of rotatable bonds is 17. The molecular weight excluding hydrogens is 740 g/mol. The van der Waals surface area contributed by atoms with Gasteiger partial charge in [-0.2, -0.15) is 0 Å². The highest BCUT2D eigenvalue weighted by atomic mass is 35.5. The number of thioether (sulfide) groups is 2. The van der Waals surface area contributed by atoms with Crippen LogP contribution in [0.1, 0.15) is 44.2 Å². The molecule has 0 spiro atoms. The minimum absolute atomic E-state index is 0.0620. The van der Waals surface area contributed by atoms with E-state index in [1.807, 2.05) is 54.2 Å². The molecule has 1 aliphatic rings. The van der Waals surface area contributed by atoms with Crippen LogP contribution in [-0.2, 0) is 51.8 Å². The van der Waals surface area contributed by atoms with Gasteiger partial charge in [-0.3, -0.25) is 0 Å². The van der Waals surface area contributed by atoms with Crippen molar-refractivity contribution in [2.75, 3.05) is 12.9 Å². The maximum Gasteiger partial charge on any atom is 0.113 e. The Labute approximate surface area is 339 Å². The molecule has 0 N–H and O–H groups in total. The normalized spacial score (nSPS) is 19.6. The molecule has 6 aromatic rings. The zero-order valence-electron chi connectivity index (χ0n) is 31.0. The number of ether oxygens (including phenoxy) is 4. The van der Waals surface area contributed by atoms with Crippen molar-refractivity contribution >= 4 is 35.1 Å². The van der Waals surface area contributed by atoms with Crippen LogP contribution in [0.3, 0.4) is 0 Å². The molecule has 0 radical (unpaired) electrons. The second-order valence-electron chi connectivity index (χ2n) is 13.8. The largest absolute Gasteiger partial charge is 0.376 e. The van der Waals surface area contributed by atoms with Crippen molar-refractivity contribution in [1.82, 2.24) is 0 Å². The zero-order valence-corrected chi connectivity index (χ0v) is 33.4. The first kappa shape index (κ1) is 39.4. The third-order valence-electron chi connectivity index (χ3n) is 9.84. The molecule has 0 aliphatic carbocycles. The molecule has 7 heteroatoms. The summed E-state index contributed by atoms with van der Waals surface area (Å²) in [4.78, 5) is 1.24. The smallest absolute Gasteiger partial charge is 0.113 e. The number of hydrogen-bond acceptors (Lipinski definition) is 6. The predicted octanol–water partition coefficient (Wildman–Crippen LogP) is 11.8. The van der Waals surface area contributed by atoms with E-state index in [1.165, 1.54) is 10.5 Å². The molecular formula is C48H47ClO4S2. The van der Waals surface area contributed by atoms with E-state index in [0.29, 0.717) is 33.0 Å². The van der Waals surface area contributed by atoms with E-state index < -0.39 is 6.10 Å². The molecule has 1 saturated heterocycles. The first-order valence-corrected chi connectivity index (χ1v) is 21.3. The van der Waals surface area contributed by atoms with Gasteiger partial charge in [-0.15, -0.1) is 23.5 Å². The third-order valence-corrected chi connectivity index (χ3v) is 12.5. The van der Waals surface area contributed by atoms with Crippen LogP contribution in [0.2, 0.25) is 5.02 Å². The summed E-state index contributed by atoms with van der Waals surface area (Å²) in [6, 6.07) is 56.6. The van der Waals surface area contributed by atoms with Gasteiger partial charge in [0.15, 0.2) is 0 Å². The van der Waals surface area contributed by atoms with Crippen LogP contribution in [0.15, 0.2) is 169 Å². The molecule has 0 saturated carbocycles. The van der Waals surface area contributed by atoms with Gasteiger partial charge >= 0.3 is 0 Å². The molecule has 1 aliphatic heterocycles. The van der Waals surface area contributed by atoms with Crippen LogP contribution in [-0.4, -0.2) is 36.4 Å². The van der Waals surface area contributed by atoms with Gasteiger partial charge in [-0.05, 0) is 69.8 Å². The predicted molar refractivity (Wildman–Crippen MR) is 228 cm³/mol. The lowest BCUT2D eigenvalue weighted by atomic mass is 9.94. The summed E-state index contributed by atoms with van der Waals surface area (Å²) in [5.41, 5.74) is 7.89. The topological polar surface area (TPSA) is 36.9 Å². The Kier molecular flexibility index (Phi) is 14.6. The Hall–Kier alpha value is -3.85. The van der Waals surface area contributed by atoms with E-state index in [1.54, 1.807) is 11.8 Å². The number of hydrogen-bond donors (Lipinski definition) is 0. The van der Waals surface area contributed by atoms with Gasteiger partial charge in [-0.25, -0.2) is 0 Å². The average molecular weight is 787 g/mol. The first-order chi connectivity index (χ1) is 27.1. The molecule has 5 atom stereocenters.